The van der Waals surface area contributed by atoms with Gasteiger partial charge in [0.05, 0.1) is 0 Å². The first-order chi connectivity index (χ1) is 15.2. The van der Waals surface area contributed by atoms with Crippen LogP contribution in [-0.4, -0.2) is 24.1 Å². The number of carbonyl (C=O) groups is 1. The Balaban J connectivity index is 1.26. The molecule has 1 heterocycles. The SMILES string of the molecule is O=C(NC(=S)Nc1ccc(N2CCCC2)cc1)c1ccc(OCc2ccccc2)cc1. The van der Waals surface area contributed by atoms with Crippen molar-refractivity contribution in [1.82, 2.24) is 5.32 Å². The minimum absolute atomic E-state index is 0.263. The maximum absolute atomic E-state index is 12.5. The van der Waals surface area contributed by atoms with E-state index in [4.69, 9.17) is 17.0 Å². The number of anilines is 2. The molecule has 4 rings (SSSR count). The van der Waals surface area contributed by atoms with Crippen molar-refractivity contribution in [2.75, 3.05) is 23.3 Å². The summed E-state index contributed by atoms with van der Waals surface area (Å²) in [6.45, 7) is 2.70. The number of hydrogen-bond donors (Lipinski definition) is 2. The third-order valence-corrected chi connectivity index (χ3v) is 5.39. The van der Waals surface area contributed by atoms with Gasteiger partial charge in [-0.2, -0.15) is 0 Å². The Kier molecular flexibility index (Phi) is 6.79. The van der Waals surface area contributed by atoms with E-state index in [1.807, 2.05) is 42.5 Å². The number of benzene rings is 3. The van der Waals surface area contributed by atoms with Gasteiger partial charge in [-0.1, -0.05) is 30.3 Å². The number of hydrogen-bond acceptors (Lipinski definition) is 4. The Bertz CT molecular complexity index is 1010. The van der Waals surface area contributed by atoms with Crippen molar-refractivity contribution in [2.45, 2.75) is 19.4 Å². The molecule has 3 aromatic rings. The van der Waals surface area contributed by atoms with Crippen LogP contribution in [0.4, 0.5) is 11.4 Å². The zero-order valence-corrected chi connectivity index (χ0v) is 18.0. The number of amides is 1. The first kappa shape index (κ1) is 20.9. The number of thiocarbonyl (C=S) groups is 1. The van der Waals surface area contributed by atoms with Crippen LogP contribution in [0.2, 0.25) is 0 Å². The van der Waals surface area contributed by atoms with Gasteiger partial charge < -0.3 is 15.0 Å². The molecule has 1 amide bonds. The van der Waals surface area contributed by atoms with E-state index in [2.05, 4.69) is 27.7 Å². The standard InChI is InChI=1S/C25H25N3O2S/c29-24(20-8-14-23(15-9-20)30-18-19-6-2-1-3-7-19)27-25(31)26-21-10-12-22(13-11-21)28-16-4-5-17-28/h1-3,6-15H,4-5,16-18H2,(H2,26,27,29,31). The molecule has 5 nitrogen and oxygen atoms in total. The van der Waals surface area contributed by atoms with Crippen LogP contribution in [0.15, 0.2) is 78.9 Å². The van der Waals surface area contributed by atoms with Crippen LogP contribution in [0.1, 0.15) is 28.8 Å². The van der Waals surface area contributed by atoms with E-state index in [0.29, 0.717) is 17.9 Å². The van der Waals surface area contributed by atoms with Crippen LogP contribution in [0.5, 0.6) is 5.75 Å². The molecule has 0 saturated carbocycles. The smallest absolute Gasteiger partial charge is 0.257 e. The quantitative estimate of drug-likeness (QED) is 0.539. The average Bonchev–Trinajstić information content (AvgIpc) is 3.34. The molecule has 0 unspecified atom stereocenters. The van der Waals surface area contributed by atoms with Crippen molar-refractivity contribution in [3.63, 3.8) is 0 Å². The number of nitrogens with one attached hydrogen (secondary N) is 2. The maximum Gasteiger partial charge on any atom is 0.257 e. The minimum atomic E-state index is -0.263. The highest BCUT2D eigenvalue weighted by Crippen LogP contribution is 2.22. The van der Waals surface area contributed by atoms with Gasteiger partial charge in [0.1, 0.15) is 12.4 Å². The Hall–Kier alpha value is -3.38. The molecular formula is C25H25N3O2S. The van der Waals surface area contributed by atoms with Gasteiger partial charge in [-0.05, 0) is 79.2 Å². The average molecular weight is 432 g/mol. The molecule has 0 aromatic heterocycles. The number of carbonyl (C=O) groups excluding carboxylic acids is 1. The molecular weight excluding hydrogens is 406 g/mol. The summed E-state index contributed by atoms with van der Waals surface area (Å²) in [5.74, 6) is 0.444. The van der Waals surface area contributed by atoms with Gasteiger partial charge in [0.15, 0.2) is 5.11 Å². The molecule has 0 atom stereocenters. The lowest BCUT2D eigenvalue weighted by molar-refractivity contribution is 0.0977. The van der Waals surface area contributed by atoms with Gasteiger partial charge in [0.2, 0.25) is 0 Å². The fraction of sp³-hybridized carbons (Fsp3) is 0.200. The van der Waals surface area contributed by atoms with Crippen LogP contribution >= 0.6 is 12.2 Å². The number of nitrogens with zero attached hydrogens (tertiary/aromatic N) is 1. The number of ether oxygens (including phenoxy) is 1. The van der Waals surface area contributed by atoms with Gasteiger partial charge >= 0.3 is 0 Å². The van der Waals surface area contributed by atoms with Crippen LogP contribution in [0, 0.1) is 0 Å². The molecule has 1 saturated heterocycles. The second kappa shape index (κ2) is 10.1. The van der Waals surface area contributed by atoms with Crippen LogP contribution in [0.3, 0.4) is 0 Å². The Morgan fingerprint density at radius 1 is 0.903 bits per heavy atom. The van der Waals surface area contributed by atoms with Crippen molar-refractivity contribution in [3.05, 3.63) is 90.0 Å². The monoisotopic (exact) mass is 431 g/mol. The van der Waals surface area contributed by atoms with Crippen molar-refractivity contribution >= 4 is 34.6 Å². The minimum Gasteiger partial charge on any atom is -0.489 e. The topological polar surface area (TPSA) is 53.6 Å². The summed E-state index contributed by atoms with van der Waals surface area (Å²) in [6, 6.07) is 25.1. The Morgan fingerprint density at radius 3 is 2.26 bits per heavy atom. The first-order valence-electron chi connectivity index (χ1n) is 10.4. The second-order valence-electron chi connectivity index (χ2n) is 7.45. The van der Waals surface area contributed by atoms with E-state index in [1.165, 1.54) is 18.5 Å². The summed E-state index contributed by atoms with van der Waals surface area (Å²) in [5.41, 5.74) is 3.67. The van der Waals surface area contributed by atoms with Crippen molar-refractivity contribution in [1.29, 1.82) is 0 Å². The molecule has 0 bridgehead atoms. The molecule has 0 aliphatic carbocycles. The van der Waals surface area contributed by atoms with E-state index < -0.39 is 0 Å². The number of rotatable bonds is 6. The summed E-state index contributed by atoms with van der Waals surface area (Å²) in [7, 11) is 0. The summed E-state index contributed by atoms with van der Waals surface area (Å²) >= 11 is 5.30. The van der Waals surface area contributed by atoms with Crippen molar-refractivity contribution in [2.24, 2.45) is 0 Å². The van der Waals surface area contributed by atoms with Gasteiger partial charge in [-0.15, -0.1) is 0 Å². The highest BCUT2D eigenvalue weighted by Gasteiger charge is 2.12. The fourth-order valence-corrected chi connectivity index (χ4v) is 3.72. The molecule has 1 aliphatic heterocycles. The van der Waals surface area contributed by atoms with Gasteiger partial charge in [0, 0.05) is 30.0 Å². The van der Waals surface area contributed by atoms with Crippen molar-refractivity contribution in [3.8, 4) is 5.75 Å². The lowest BCUT2D eigenvalue weighted by Crippen LogP contribution is -2.34. The van der Waals surface area contributed by atoms with Crippen LogP contribution in [-0.2, 0) is 6.61 Å². The van der Waals surface area contributed by atoms with E-state index >= 15 is 0 Å². The van der Waals surface area contributed by atoms with Crippen LogP contribution in [0.25, 0.3) is 0 Å². The summed E-state index contributed by atoms with van der Waals surface area (Å²) in [6.07, 6.45) is 2.49. The molecule has 1 fully saturated rings. The molecule has 158 valence electrons. The first-order valence-corrected chi connectivity index (χ1v) is 10.8. The normalized spacial score (nSPS) is 13.0. The summed E-state index contributed by atoms with van der Waals surface area (Å²) < 4.78 is 5.76. The zero-order chi connectivity index (χ0) is 21.5. The molecule has 0 radical (unpaired) electrons. The predicted molar refractivity (Wildman–Crippen MR) is 129 cm³/mol. The molecule has 2 N–H and O–H groups in total. The largest absolute Gasteiger partial charge is 0.489 e. The van der Waals surface area contributed by atoms with Gasteiger partial charge in [0.25, 0.3) is 5.91 Å². The van der Waals surface area contributed by atoms with Gasteiger partial charge in [-0.3, -0.25) is 10.1 Å². The lowest BCUT2D eigenvalue weighted by Gasteiger charge is -2.18. The Morgan fingerprint density at radius 2 is 1.58 bits per heavy atom. The maximum atomic E-state index is 12.5. The fourth-order valence-electron chi connectivity index (χ4n) is 3.51. The molecule has 1 aliphatic rings. The third kappa shape index (κ3) is 5.83. The van der Waals surface area contributed by atoms with E-state index in [9.17, 15) is 4.79 Å². The highest BCUT2D eigenvalue weighted by molar-refractivity contribution is 7.80. The molecule has 3 aromatic carbocycles. The summed E-state index contributed by atoms with van der Waals surface area (Å²) in [4.78, 5) is 14.9. The Labute approximate surface area is 188 Å². The molecule has 6 heteroatoms. The van der Waals surface area contributed by atoms with E-state index in [0.717, 1.165) is 24.3 Å². The van der Waals surface area contributed by atoms with E-state index in [1.54, 1.807) is 24.3 Å². The van der Waals surface area contributed by atoms with E-state index in [-0.39, 0.29) is 11.0 Å². The highest BCUT2D eigenvalue weighted by atomic mass is 32.1. The van der Waals surface area contributed by atoms with Gasteiger partial charge in [-0.25, -0.2) is 0 Å². The van der Waals surface area contributed by atoms with Crippen LogP contribution < -0.4 is 20.3 Å². The third-order valence-electron chi connectivity index (χ3n) is 5.19. The second-order valence-corrected chi connectivity index (χ2v) is 7.86. The summed E-state index contributed by atoms with van der Waals surface area (Å²) in [5, 5.41) is 6.06. The molecule has 0 spiro atoms. The lowest BCUT2D eigenvalue weighted by atomic mass is 10.2. The molecule has 31 heavy (non-hydrogen) atoms. The zero-order valence-electron chi connectivity index (χ0n) is 17.2. The predicted octanol–water partition coefficient (Wildman–Crippen LogP) is 4.99. The van der Waals surface area contributed by atoms with Crippen molar-refractivity contribution < 1.29 is 9.53 Å².